The number of nitrogens with zero attached hydrogens (tertiary/aromatic N) is 2. The van der Waals surface area contributed by atoms with Crippen LogP contribution in [0.2, 0.25) is 0 Å². The van der Waals surface area contributed by atoms with E-state index in [0.29, 0.717) is 6.54 Å². The average molecular weight is 261 g/mol. The van der Waals surface area contributed by atoms with Gasteiger partial charge in [0.25, 0.3) is 0 Å². The lowest BCUT2D eigenvalue weighted by atomic mass is 10.2. The summed E-state index contributed by atoms with van der Waals surface area (Å²) in [5, 5.41) is 3.26. The van der Waals surface area contributed by atoms with Crippen LogP contribution in [0.1, 0.15) is 16.3 Å². The molecule has 2 aromatic rings. The minimum atomic E-state index is 0.667. The van der Waals surface area contributed by atoms with Crippen molar-refractivity contribution >= 4 is 17.0 Å². The van der Waals surface area contributed by atoms with E-state index in [1.54, 1.807) is 11.3 Å². The van der Waals surface area contributed by atoms with Crippen molar-refractivity contribution in [2.45, 2.75) is 19.9 Å². The molecule has 0 fully saturated rings. The second-order valence-corrected chi connectivity index (χ2v) is 5.36. The predicted molar refractivity (Wildman–Crippen MR) is 78.2 cm³/mol. The van der Waals surface area contributed by atoms with Crippen molar-refractivity contribution in [3.8, 4) is 0 Å². The number of thiazole rings is 1. The Labute approximate surface area is 112 Å². The van der Waals surface area contributed by atoms with E-state index in [1.807, 2.05) is 0 Å². The summed E-state index contributed by atoms with van der Waals surface area (Å²) >= 11 is 1.70. The van der Waals surface area contributed by atoms with Crippen molar-refractivity contribution in [2.24, 2.45) is 5.73 Å². The highest BCUT2D eigenvalue weighted by Gasteiger charge is 2.07. The quantitative estimate of drug-likeness (QED) is 0.899. The molecule has 2 rings (SSSR count). The number of aromatic nitrogens is 1. The van der Waals surface area contributed by atoms with Crippen LogP contribution in [0.4, 0.5) is 5.69 Å². The number of hydrogen-bond donors (Lipinski definition) is 1. The average Bonchev–Trinajstić information content (AvgIpc) is 2.77. The molecule has 2 N–H and O–H groups in total. The van der Waals surface area contributed by atoms with Crippen LogP contribution < -0.4 is 10.6 Å². The summed E-state index contributed by atoms with van der Waals surface area (Å²) in [6.07, 6.45) is 0.874. The maximum Gasteiger partial charge on any atom is 0.0941 e. The SMILES string of the molecule is Cc1ccccc1N(C)Cc1csc(CCN)n1. The number of aryl methyl sites for hydroxylation is 1. The standard InChI is InChI=1S/C14H19N3S/c1-11-5-3-4-6-13(11)17(2)9-12-10-18-14(16-12)7-8-15/h3-6,10H,7-9,15H2,1-2H3. The topological polar surface area (TPSA) is 42.1 Å². The zero-order chi connectivity index (χ0) is 13.0. The molecule has 1 heterocycles. The molecule has 1 aromatic heterocycles. The first-order chi connectivity index (χ1) is 8.70. The first kappa shape index (κ1) is 13.1. The molecule has 0 atom stereocenters. The van der Waals surface area contributed by atoms with Gasteiger partial charge in [-0.2, -0.15) is 0 Å². The second kappa shape index (κ2) is 5.98. The third-order valence-corrected chi connectivity index (χ3v) is 3.84. The Bertz CT molecular complexity index is 507. The minimum Gasteiger partial charge on any atom is -0.368 e. The molecule has 3 nitrogen and oxygen atoms in total. The molecule has 0 bridgehead atoms. The van der Waals surface area contributed by atoms with E-state index in [-0.39, 0.29) is 0 Å². The Morgan fingerprint density at radius 2 is 2.11 bits per heavy atom. The van der Waals surface area contributed by atoms with Gasteiger partial charge in [0.1, 0.15) is 0 Å². The number of nitrogens with two attached hydrogens (primary N) is 1. The summed E-state index contributed by atoms with van der Waals surface area (Å²) in [7, 11) is 2.10. The maximum atomic E-state index is 5.54. The van der Waals surface area contributed by atoms with Crippen molar-refractivity contribution in [2.75, 3.05) is 18.5 Å². The zero-order valence-corrected chi connectivity index (χ0v) is 11.7. The highest BCUT2D eigenvalue weighted by Crippen LogP contribution is 2.20. The molecule has 0 radical (unpaired) electrons. The fourth-order valence-electron chi connectivity index (χ4n) is 1.98. The van der Waals surface area contributed by atoms with Crippen molar-refractivity contribution in [3.05, 3.63) is 45.9 Å². The lowest BCUT2D eigenvalue weighted by Gasteiger charge is -2.20. The smallest absolute Gasteiger partial charge is 0.0941 e. The van der Waals surface area contributed by atoms with Crippen molar-refractivity contribution in [1.29, 1.82) is 0 Å². The molecule has 0 saturated heterocycles. The maximum absolute atomic E-state index is 5.54. The number of hydrogen-bond acceptors (Lipinski definition) is 4. The summed E-state index contributed by atoms with van der Waals surface area (Å²) < 4.78 is 0. The van der Waals surface area contributed by atoms with Crippen LogP contribution in [0.15, 0.2) is 29.6 Å². The number of para-hydroxylation sites is 1. The molecular weight excluding hydrogens is 242 g/mol. The van der Waals surface area contributed by atoms with E-state index in [1.165, 1.54) is 11.3 Å². The summed E-state index contributed by atoms with van der Waals surface area (Å²) in [5.74, 6) is 0. The predicted octanol–water partition coefficient (Wildman–Crippen LogP) is 2.59. The lowest BCUT2D eigenvalue weighted by Crippen LogP contribution is -2.17. The number of anilines is 1. The van der Waals surface area contributed by atoms with E-state index in [4.69, 9.17) is 5.73 Å². The first-order valence-corrected chi connectivity index (χ1v) is 6.99. The Morgan fingerprint density at radius 3 is 2.83 bits per heavy atom. The van der Waals surface area contributed by atoms with Gasteiger partial charge in [-0.1, -0.05) is 18.2 Å². The molecular formula is C14H19N3S. The summed E-state index contributed by atoms with van der Waals surface area (Å²) in [4.78, 5) is 6.82. The monoisotopic (exact) mass is 261 g/mol. The molecule has 18 heavy (non-hydrogen) atoms. The van der Waals surface area contributed by atoms with E-state index in [0.717, 1.165) is 23.7 Å². The van der Waals surface area contributed by atoms with Gasteiger partial charge in [-0.3, -0.25) is 0 Å². The fraction of sp³-hybridized carbons (Fsp3) is 0.357. The normalized spacial score (nSPS) is 10.6. The fourth-order valence-corrected chi connectivity index (χ4v) is 2.78. The van der Waals surface area contributed by atoms with Gasteiger partial charge in [0.05, 0.1) is 17.2 Å². The van der Waals surface area contributed by atoms with Crippen LogP contribution in [-0.2, 0) is 13.0 Å². The van der Waals surface area contributed by atoms with E-state index in [2.05, 4.69) is 53.5 Å². The van der Waals surface area contributed by atoms with Crippen LogP contribution in [-0.4, -0.2) is 18.6 Å². The Kier molecular flexibility index (Phi) is 4.33. The Hall–Kier alpha value is -1.39. The molecule has 0 unspecified atom stereocenters. The second-order valence-electron chi connectivity index (χ2n) is 4.41. The minimum absolute atomic E-state index is 0.667. The van der Waals surface area contributed by atoms with E-state index < -0.39 is 0 Å². The Balaban J connectivity index is 2.06. The summed E-state index contributed by atoms with van der Waals surface area (Å²) in [5.41, 5.74) is 9.20. The number of rotatable bonds is 5. The van der Waals surface area contributed by atoms with Crippen LogP contribution in [0.5, 0.6) is 0 Å². The lowest BCUT2D eigenvalue weighted by molar-refractivity contribution is 0.869. The molecule has 0 aliphatic rings. The molecule has 0 aliphatic carbocycles. The molecule has 96 valence electrons. The van der Waals surface area contributed by atoms with E-state index in [9.17, 15) is 0 Å². The van der Waals surface area contributed by atoms with Crippen molar-refractivity contribution in [1.82, 2.24) is 4.98 Å². The number of benzene rings is 1. The van der Waals surface area contributed by atoms with Crippen LogP contribution in [0, 0.1) is 6.92 Å². The van der Waals surface area contributed by atoms with Crippen molar-refractivity contribution < 1.29 is 0 Å². The Morgan fingerprint density at radius 1 is 1.33 bits per heavy atom. The van der Waals surface area contributed by atoms with Gasteiger partial charge in [-0.25, -0.2) is 4.98 Å². The van der Waals surface area contributed by atoms with Crippen LogP contribution >= 0.6 is 11.3 Å². The van der Waals surface area contributed by atoms with Gasteiger partial charge in [0, 0.05) is 24.5 Å². The van der Waals surface area contributed by atoms with Crippen LogP contribution in [0.3, 0.4) is 0 Å². The first-order valence-electron chi connectivity index (χ1n) is 6.11. The third-order valence-electron chi connectivity index (χ3n) is 2.88. The van der Waals surface area contributed by atoms with Gasteiger partial charge in [-0.05, 0) is 25.1 Å². The molecule has 0 spiro atoms. The molecule has 0 aliphatic heterocycles. The highest BCUT2D eigenvalue weighted by atomic mass is 32.1. The van der Waals surface area contributed by atoms with Crippen molar-refractivity contribution in [3.63, 3.8) is 0 Å². The molecule has 1 aromatic carbocycles. The third kappa shape index (κ3) is 3.09. The van der Waals surface area contributed by atoms with Gasteiger partial charge in [0.2, 0.25) is 0 Å². The molecule has 0 amide bonds. The van der Waals surface area contributed by atoms with Gasteiger partial charge < -0.3 is 10.6 Å². The highest BCUT2D eigenvalue weighted by molar-refractivity contribution is 7.09. The largest absolute Gasteiger partial charge is 0.368 e. The van der Waals surface area contributed by atoms with E-state index >= 15 is 0 Å². The summed E-state index contributed by atoms with van der Waals surface area (Å²) in [6, 6.07) is 8.41. The van der Waals surface area contributed by atoms with Gasteiger partial charge in [0.15, 0.2) is 0 Å². The zero-order valence-electron chi connectivity index (χ0n) is 10.9. The summed E-state index contributed by atoms with van der Waals surface area (Å²) in [6.45, 7) is 3.64. The van der Waals surface area contributed by atoms with Gasteiger partial charge in [-0.15, -0.1) is 11.3 Å². The van der Waals surface area contributed by atoms with Crippen LogP contribution in [0.25, 0.3) is 0 Å². The van der Waals surface area contributed by atoms with Gasteiger partial charge >= 0.3 is 0 Å². The molecule has 0 saturated carbocycles. The molecule has 4 heteroatoms.